The lowest BCUT2D eigenvalue weighted by Gasteiger charge is -2.30. The van der Waals surface area contributed by atoms with E-state index in [0.29, 0.717) is 29.0 Å². The average molecular weight is 481 g/mol. The molecule has 0 spiro atoms. The highest BCUT2D eigenvalue weighted by Gasteiger charge is 2.30. The van der Waals surface area contributed by atoms with E-state index in [0.717, 1.165) is 24.8 Å². The number of anilines is 1. The third-order valence-electron chi connectivity index (χ3n) is 5.02. The summed E-state index contributed by atoms with van der Waals surface area (Å²) < 4.78 is 33.9. The third kappa shape index (κ3) is 4.93. The maximum Gasteiger partial charge on any atom is 0.264 e. The molecule has 1 fully saturated rings. The van der Waals surface area contributed by atoms with Gasteiger partial charge in [0.1, 0.15) is 12.3 Å². The predicted octanol–water partition coefficient (Wildman–Crippen LogP) is 3.97. The van der Waals surface area contributed by atoms with Gasteiger partial charge in [0.05, 0.1) is 22.2 Å². The van der Waals surface area contributed by atoms with Crippen molar-refractivity contribution in [2.45, 2.75) is 31.1 Å². The molecule has 3 rings (SSSR count). The summed E-state index contributed by atoms with van der Waals surface area (Å²) in [6, 6.07) is 11.7. The van der Waals surface area contributed by atoms with Gasteiger partial charge in [0.15, 0.2) is 0 Å². The predicted molar refractivity (Wildman–Crippen MR) is 117 cm³/mol. The third-order valence-corrected chi connectivity index (χ3v) is 7.41. The first-order valence-electron chi connectivity index (χ1n) is 9.53. The number of carbonyl (C=O) groups is 1. The number of likely N-dealkylation sites (tertiary alicyclic amines) is 1. The van der Waals surface area contributed by atoms with Crippen LogP contribution in [0.5, 0.6) is 5.75 Å². The van der Waals surface area contributed by atoms with Crippen LogP contribution in [-0.4, -0.2) is 46.0 Å². The number of rotatable bonds is 6. The quantitative estimate of drug-likeness (QED) is 0.626. The molecule has 156 valence electrons. The number of piperidine rings is 1. The lowest BCUT2D eigenvalue weighted by Crippen LogP contribution is -2.44. The summed E-state index contributed by atoms with van der Waals surface area (Å²) in [7, 11) is -2.43. The number of hydrogen-bond acceptors (Lipinski definition) is 4. The average Bonchev–Trinajstić information content (AvgIpc) is 2.73. The van der Waals surface area contributed by atoms with Crippen molar-refractivity contribution in [3.63, 3.8) is 0 Å². The zero-order valence-corrected chi connectivity index (χ0v) is 19.0. The van der Waals surface area contributed by atoms with Crippen LogP contribution in [0.25, 0.3) is 0 Å². The van der Waals surface area contributed by atoms with Gasteiger partial charge in [-0.05, 0) is 72.4 Å². The standard InChI is InChI=1S/C21H25BrN2O4S/c1-16-6-8-17(9-7-16)24(15-21(25)23-12-4-3-5-13-23)29(26,27)18-10-11-20(28-2)19(22)14-18/h6-11,14H,3-5,12-13,15H2,1-2H3. The lowest BCUT2D eigenvalue weighted by molar-refractivity contribution is -0.130. The molecular formula is C21H25BrN2O4S. The molecule has 8 heteroatoms. The van der Waals surface area contributed by atoms with Crippen LogP contribution in [0.15, 0.2) is 51.8 Å². The van der Waals surface area contributed by atoms with E-state index in [2.05, 4.69) is 15.9 Å². The van der Waals surface area contributed by atoms with E-state index in [4.69, 9.17) is 4.74 Å². The molecule has 29 heavy (non-hydrogen) atoms. The van der Waals surface area contributed by atoms with Crippen molar-refractivity contribution in [2.75, 3.05) is 31.0 Å². The number of carbonyl (C=O) groups excluding carboxylic acids is 1. The van der Waals surface area contributed by atoms with Crippen LogP contribution in [0.4, 0.5) is 5.69 Å². The minimum Gasteiger partial charge on any atom is -0.496 e. The van der Waals surface area contributed by atoms with Gasteiger partial charge < -0.3 is 9.64 Å². The van der Waals surface area contributed by atoms with Gasteiger partial charge in [-0.25, -0.2) is 8.42 Å². The lowest BCUT2D eigenvalue weighted by atomic mass is 10.1. The van der Waals surface area contributed by atoms with Gasteiger partial charge in [0.25, 0.3) is 10.0 Å². The van der Waals surface area contributed by atoms with E-state index in [1.807, 2.05) is 19.1 Å². The van der Waals surface area contributed by atoms with Crippen molar-refractivity contribution in [3.05, 3.63) is 52.5 Å². The molecule has 0 radical (unpaired) electrons. The minimum atomic E-state index is -3.95. The van der Waals surface area contributed by atoms with Crippen molar-refractivity contribution in [1.29, 1.82) is 0 Å². The Hall–Kier alpha value is -2.06. The van der Waals surface area contributed by atoms with Crippen LogP contribution >= 0.6 is 15.9 Å². The Balaban J connectivity index is 1.98. The first-order valence-corrected chi connectivity index (χ1v) is 11.8. The van der Waals surface area contributed by atoms with Crippen LogP contribution in [0.1, 0.15) is 24.8 Å². The van der Waals surface area contributed by atoms with E-state index >= 15 is 0 Å². The van der Waals surface area contributed by atoms with Gasteiger partial charge in [-0.15, -0.1) is 0 Å². The maximum atomic E-state index is 13.5. The van der Waals surface area contributed by atoms with Gasteiger partial charge in [0, 0.05) is 13.1 Å². The number of hydrogen-bond donors (Lipinski definition) is 0. The topological polar surface area (TPSA) is 66.9 Å². The van der Waals surface area contributed by atoms with Crippen molar-refractivity contribution >= 4 is 37.5 Å². The molecule has 0 atom stereocenters. The fourth-order valence-corrected chi connectivity index (χ4v) is 5.46. The molecule has 0 aromatic heterocycles. The molecule has 2 aromatic rings. The van der Waals surface area contributed by atoms with E-state index in [1.165, 1.54) is 23.5 Å². The second-order valence-electron chi connectivity index (χ2n) is 7.09. The fourth-order valence-electron chi connectivity index (χ4n) is 3.33. The number of benzene rings is 2. The molecule has 1 saturated heterocycles. The number of halogens is 1. The van der Waals surface area contributed by atoms with Crippen molar-refractivity contribution in [2.24, 2.45) is 0 Å². The SMILES string of the molecule is COc1ccc(S(=O)(=O)N(CC(=O)N2CCCCC2)c2ccc(C)cc2)cc1Br. The minimum absolute atomic E-state index is 0.0946. The summed E-state index contributed by atoms with van der Waals surface area (Å²) >= 11 is 3.34. The van der Waals surface area contributed by atoms with Crippen molar-refractivity contribution in [1.82, 2.24) is 4.90 Å². The first-order chi connectivity index (χ1) is 13.8. The number of amides is 1. The highest BCUT2D eigenvalue weighted by atomic mass is 79.9. The molecule has 0 saturated carbocycles. The molecule has 0 unspecified atom stereocenters. The largest absolute Gasteiger partial charge is 0.496 e. The number of sulfonamides is 1. The van der Waals surface area contributed by atoms with Gasteiger partial charge in [0.2, 0.25) is 5.91 Å². The summed E-state index contributed by atoms with van der Waals surface area (Å²) in [5, 5.41) is 0. The molecular weight excluding hydrogens is 456 g/mol. The molecule has 2 aromatic carbocycles. The van der Waals surface area contributed by atoms with Crippen molar-refractivity contribution < 1.29 is 17.9 Å². The summed E-state index contributed by atoms with van der Waals surface area (Å²) in [6.07, 6.45) is 3.01. The molecule has 1 amide bonds. The molecule has 1 aliphatic heterocycles. The molecule has 1 aliphatic rings. The number of nitrogens with zero attached hydrogens (tertiary/aromatic N) is 2. The first kappa shape index (κ1) is 21.6. The highest BCUT2D eigenvalue weighted by molar-refractivity contribution is 9.10. The van der Waals surface area contributed by atoms with E-state index in [-0.39, 0.29) is 17.3 Å². The van der Waals surface area contributed by atoms with Crippen LogP contribution < -0.4 is 9.04 Å². The zero-order valence-electron chi connectivity index (χ0n) is 16.6. The second kappa shape index (κ2) is 9.17. The fraction of sp³-hybridized carbons (Fsp3) is 0.381. The summed E-state index contributed by atoms with van der Waals surface area (Å²) in [4.78, 5) is 14.7. The van der Waals surface area contributed by atoms with Crippen LogP contribution in [0.2, 0.25) is 0 Å². The van der Waals surface area contributed by atoms with Crippen molar-refractivity contribution in [3.8, 4) is 5.75 Å². The Morgan fingerprint density at radius 3 is 2.34 bits per heavy atom. The summed E-state index contributed by atoms with van der Waals surface area (Å²) in [5.74, 6) is 0.358. The van der Waals surface area contributed by atoms with Crippen LogP contribution in [0, 0.1) is 6.92 Å². The Bertz CT molecular complexity index is 971. The van der Waals surface area contributed by atoms with Crippen LogP contribution in [-0.2, 0) is 14.8 Å². The second-order valence-corrected chi connectivity index (χ2v) is 9.80. The Labute approximate surface area is 180 Å². The molecule has 1 heterocycles. The van der Waals surface area contributed by atoms with Gasteiger partial charge in [-0.1, -0.05) is 17.7 Å². The van der Waals surface area contributed by atoms with Gasteiger partial charge in [-0.3, -0.25) is 9.10 Å². The van der Waals surface area contributed by atoms with Crippen LogP contribution in [0.3, 0.4) is 0 Å². The molecule has 0 N–H and O–H groups in total. The van der Waals surface area contributed by atoms with Gasteiger partial charge in [-0.2, -0.15) is 0 Å². The normalized spacial score (nSPS) is 14.5. The number of aryl methyl sites for hydroxylation is 1. The monoisotopic (exact) mass is 480 g/mol. The van der Waals surface area contributed by atoms with Gasteiger partial charge >= 0.3 is 0 Å². The van der Waals surface area contributed by atoms with E-state index < -0.39 is 10.0 Å². The molecule has 6 nitrogen and oxygen atoms in total. The smallest absolute Gasteiger partial charge is 0.264 e. The molecule has 0 bridgehead atoms. The summed E-state index contributed by atoms with van der Waals surface area (Å²) in [5.41, 5.74) is 1.48. The zero-order chi connectivity index (χ0) is 21.0. The maximum absolute atomic E-state index is 13.5. The Kier molecular flexibility index (Phi) is 6.85. The molecule has 0 aliphatic carbocycles. The number of methoxy groups -OCH3 is 1. The van der Waals surface area contributed by atoms with E-state index in [9.17, 15) is 13.2 Å². The summed E-state index contributed by atoms with van der Waals surface area (Å²) in [6.45, 7) is 3.06. The highest BCUT2D eigenvalue weighted by Crippen LogP contribution is 2.31. The Morgan fingerprint density at radius 1 is 1.10 bits per heavy atom. The van der Waals surface area contributed by atoms with E-state index in [1.54, 1.807) is 23.1 Å². The number of ether oxygens (including phenoxy) is 1. The Morgan fingerprint density at radius 2 is 1.76 bits per heavy atom.